The van der Waals surface area contributed by atoms with E-state index in [9.17, 15) is 14.4 Å². The minimum atomic E-state index is -0.328. The molecule has 2 N–H and O–H groups in total. The van der Waals surface area contributed by atoms with E-state index in [1.807, 2.05) is 0 Å². The molecule has 146 valence electrons. The molecule has 0 unspecified atom stereocenters. The lowest BCUT2D eigenvalue weighted by Crippen LogP contribution is -2.14. The van der Waals surface area contributed by atoms with E-state index in [0.29, 0.717) is 33.8 Å². The Bertz CT molecular complexity index is 1060. The van der Waals surface area contributed by atoms with Crippen LogP contribution in [0.15, 0.2) is 72.8 Å². The summed E-state index contributed by atoms with van der Waals surface area (Å²) in [5.41, 5.74) is 2.48. The van der Waals surface area contributed by atoms with Crippen molar-refractivity contribution in [2.45, 2.75) is 6.92 Å². The average Bonchev–Trinajstić information content (AvgIpc) is 2.74. The molecule has 0 saturated carbocycles. The van der Waals surface area contributed by atoms with Crippen LogP contribution in [0.2, 0.25) is 0 Å². The smallest absolute Gasteiger partial charge is 0.255 e. The molecule has 0 spiro atoms. The monoisotopic (exact) mass is 388 g/mol. The molecule has 0 aliphatic rings. The number of ketones is 1. The molecule has 0 heterocycles. The van der Waals surface area contributed by atoms with E-state index in [-0.39, 0.29) is 17.6 Å². The van der Waals surface area contributed by atoms with Gasteiger partial charge in [0.15, 0.2) is 5.78 Å². The molecule has 3 rings (SSSR count). The highest BCUT2D eigenvalue weighted by molar-refractivity contribution is 6.07. The van der Waals surface area contributed by atoms with E-state index in [2.05, 4.69) is 10.6 Å². The molecule has 0 radical (unpaired) electrons. The first-order chi connectivity index (χ1) is 14.0. The van der Waals surface area contributed by atoms with E-state index < -0.39 is 0 Å². The fourth-order valence-electron chi connectivity index (χ4n) is 2.70. The molecule has 3 aromatic carbocycles. The lowest BCUT2D eigenvalue weighted by Gasteiger charge is -2.09. The molecule has 0 aliphatic carbocycles. The van der Waals surface area contributed by atoms with Crippen LogP contribution >= 0.6 is 0 Å². The van der Waals surface area contributed by atoms with Crippen molar-refractivity contribution in [3.8, 4) is 5.75 Å². The van der Waals surface area contributed by atoms with Gasteiger partial charge in [-0.05, 0) is 55.5 Å². The Labute approximate surface area is 168 Å². The predicted octanol–water partition coefficient (Wildman–Crippen LogP) is 4.40. The summed E-state index contributed by atoms with van der Waals surface area (Å²) in [6.07, 6.45) is 0. The summed E-state index contributed by atoms with van der Waals surface area (Å²) in [5, 5.41) is 5.54. The van der Waals surface area contributed by atoms with Crippen LogP contribution in [0.25, 0.3) is 0 Å². The summed E-state index contributed by atoms with van der Waals surface area (Å²) >= 11 is 0. The highest BCUT2D eigenvalue weighted by Gasteiger charge is 2.11. The fourth-order valence-corrected chi connectivity index (χ4v) is 2.70. The molecule has 29 heavy (non-hydrogen) atoms. The fraction of sp³-hybridized carbons (Fsp3) is 0.0870. The van der Waals surface area contributed by atoms with Crippen molar-refractivity contribution in [1.29, 1.82) is 0 Å². The maximum absolute atomic E-state index is 12.4. The van der Waals surface area contributed by atoms with Gasteiger partial charge in [0.05, 0.1) is 7.11 Å². The van der Waals surface area contributed by atoms with Gasteiger partial charge in [0.1, 0.15) is 5.75 Å². The molecule has 0 bridgehead atoms. The van der Waals surface area contributed by atoms with E-state index in [0.717, 1.165) is 0 Å². The van der Waals surface area contributed by atoms with E-state index in [1.54, 1.807) is 79.9 Å². The van der Waals surface area contributed by atoms with Gasteiger partial charge in [-0.15, -0.1) is 0 Å². The first kappa shape index (κ1) is 19.8. The third-order valence-corrected chi connectivity index (χ3v) is 4.26. The number of benzene rings is 3. The Morgan fingerprint density at radius 3 is 1.72 bits per heavy atom. The number of hydrogen-bond donors (Lipinski definition) is 2. The maximum atomic E-state index is 12.4. The van der Waals surface area contributed by atoms with Crippen LogP contribution in [-0.2, 0) is 0 Å². The SMILES string of the molecule is COc1cccc(NC(=O)c2ccc(C(=O)Nc3cccc(C(C)=O)c3)cc2)c1. The first-order valence-corrected chi connectivity index (χ1v) is 8.94. The van der Waals surface area contributed by atoms with Gasteiger partial charge in [0, 0.05) is 34.1 Å². The van der Waals surface area contributed by atoms with E-state index in [4.69, 9.17) is 4.74 Å². The number of methoxy groups -OCH3 is 1. The van der Waals surface area contributed by atoms with Crippen LogP contribution in [-0.4, -0.2) is 24.7 Å². The molecule has 0 atom stereocenters. The Balaban J connectivity index is 1.67. The summed E-state index contributed by atoms with van der Waals surface area (Å²) < 4.78 is 5.14. The number of nitrogens with one attached hydrogen (secondary N) is 2. The van der Waals surface area contributed by atoms with Crippen LogP contribution in [0.1, 0.15) is 38.0 Å². The minimum absolute atomic E-state index is 0.0764. The summed E-state index contributed by atoms with van der Waals surface area (Å²) in [5.74, 6) is -0.0546. The number of hydrogen-bond acceptors (Lipinski definition) is 4. The van der Waals surface area contributed by atoms with Crippen LogP contribution in [0, 0.1) is 0 Å². The number of Topliss-reactive ketones (excluding diaryl/α,β-unsaturated/α-hetero) is 1. The zero-order chi connectivity index (χ0) is 20.8. The van der Waals surface area contributed by atoms with Crippen LogP contribution in [0.3, 0.4) is 0 Å². The zero-order valence-corrected chi connectivity index (χ0v) is 16.1. The Hall–Kier alpha value is -3.93. The van der Waals surface area contributed by atoms with Crippen molar-refractivity contribution in [3.63, 3.8) is 0 Å². The number of rotatable bonds is 6. The van der Waals surface area contributed by atoms with E-state index in [1.165, 1.54) is 6.92 Å². The molecule has 0 aromatic heterocycles. The van der Waals surface area contributed by atoms with Gasteiger partial charge in [-0.3, -0.25) is 14.4 Å². The number of amides is 2. The Morgan fingerprint density at radius 1 is 0.690 bits per heavy atom. The van der Waals surface area contributed by atoms with Crippen LogP contribution in [0.4, 0.5) is 11.4 Å². The molecule has 3 aromatic rings. The van der Waals surface area contributed by atoms with Crippen molar-refractivity contribution in [2.75, 3.05) is 17.7 Å². The minimum Gasteiger partial charge on any atom is -0.497 e. The molecular weight excluding hydrogens is 368 g/mol. The summed E-state index contributed by atoms with van der Waals surface area (Å²) in [4.78, 5) is 36.3. The van der Waals surface area contributed by atoms with Crippen molar-refractivity contribution in [3.05, 3.63) is 89.5 Å². The third kappa shape index (κ3) is 5.07. The molecular formula is C23H20N2O4. The molecule has 0 saturated heterocycles. The number of anilines is 2. The molecule has 6 nitrogen and oxygen atoms in total. The molecule has 6 heteroatoms. The van der Waals surface area contributed by atoms with Crippen molar-refractivity contribution in [2.24, 2.45) is 0 Å². The third-order valence-electron chi connectivity index (χ3n) is 4.26. The van der Waals surface area contributed by atoms with Gasteiger partial charge in [-0.2, -0.15) is 0 Å². The van der Waals surface area contributed by atoms with Crippen molar-refractivity contribution in [1.82, 2.24) is 0 Å². The zero-order valence-electron chi connectivity index (χ0n) is 16.1. The average molecular weight is 388 g/mol. The van der Waals surface area contributed by atoms with Gasteiger partial charge in [-0.25, -0.2) is 0 Å². The molecule has 0 aliphatic heterocycles. The summed E-state index contributed by atoms with van der Waals surface area (Å²) in [6.45, 7) is 1.47. The van der Waals surface area contributed by atoms with Gasteiger partial charge < -0.3 is 15.4 Å². The topological polar surface area (TPSA) is 84.5 Å². The standard InChI is InChI=1S/C23H20N2O4/c1-15(26)18-5-3-6-19(13-18)24-22(27)16-9-11-17(12-10-16)23(28)25-20-7-4-8-21(14-20)29-2/h3-14H,1-2H3,(H,24,27)(H,25,28). The second kappa shape index (κ2) is 8.84. The maximum Gasteiger partial charge on any atom is 0.255 e. The number of carbonyl (C=O) groups excluding carboxylic acids is 3. The summed E-state index contributed by atoms with van der Waals surface area (Å²) in [6, 6.07) is 20.1. The number of carbonyl (C=O) groups is 3. The Morgan fingerprint density at radius 2 is 1.21 bits per heavy atom. The van der Waals surface area contributed by atoms with E-state index >= 15 is 0 Å². The van der Waals surface area contributed by atoms with Gasteiger partial charge >= 0.3 is 0 Å². The first-order valence-electron chi connectivity index (χ1n) is 8.94. The lowest BCUT2D eigenvalue weighted by molar-refractivity contribution is 0.101. The highest BCUT2D eigenvalue weighted by atomic mass is 16.5. The lowest BCUT2D eigenvalue weighted by atomic mass is 10.1. The van der Waals surface area contributed by atoms with Crippen LogP contribution < -0.4 is 15.4 Å². The summed E-state index contributed by atoms with van der Waals surface area (Å²) in [7, 11) is 1.56. The predicted molar refractivity (Wildman–Crippen MR) is 112 cm³/mol. The Kier molecular flexibility index (Phi) is 6.04. The second-order valence-corrected chi connectivity index (χ2v) is 6.35. The van der Waals surface area contributed by atoms with Gasteiger partial charge in [-0.1, -0.05) is 18.2 Å². The molecule has 0 fully saturated rings. The van der Waals surface area contributed by atoms with Crippen molar-refractivity contribution < 1.29 is 19.1 Å². The van der Waals surface area contributed by atoms with Crippen molar-refractivity contribution >= 4 is 29.0 Å². The van der Waals surface area contributed by atoms with Gasteiger partial charge in [0.25, 0.3) is 11.8 Å². The largest absolute Gasteiger partial charge is 0.497 e. The second-order valence-electron chi connectivity index (χ2n) is 6.35. The number of ether oxygens (including phenoxy) is 1. The van der Waals surface area contributed by atoms with Crippen LogP contribution in [0.5, 0.6) is 5.75 Å². The van der Waals surface area contributed by atoms with Gasteiger partial charge in [0.2, 0.25) is 0 Å². The molecule has 2 amide bonds. The quantitative estimate of drug-likeness (QED) is 0.613. The normalized spacial score (nSPS) is 10.1. The highest BCUT2D eigenvalue weighted by Crippen LogP contribution is 2.18.